The van der Waals surface area contributed by atoms with Gasteiger partial charge < -0.3 is 10.5 Å². The molecule has 0 fully saturated rings. The van der Waals surface area contributed by atoms with Crippen LogP contribution in [0.25, 0.3) is 0 Å². The van der Waals surface area contributed by atoms with Crippen molar-refractivity contribution >= 4 is 10.8 Å². The van der Waals surface area contributed by atoms with Crippen LogP contribution >= 0.6 is 0 Å². The second-order valence-electron chi connectivity index (χ2n) is 3.66. The quantitative estimate of drug-likeness (QED) is 0.897. The van der Waals surface area contributed by atoms with E-state index in [0.717, 1.165) is 0 Å². The Morgan fingerprint density at radius 1 is 1.33 bits per heavy atom. The average Bonchev–Trinajstić information content (AvgIpc) is 2.34. The summed E-state index contributed by atoms with van der Waals surface area (Å²) >= 11 is 0. The molecule has 0 saturated carbocycles. The summed E-state index contributed by atoms with van der Waals surface area (Å²) in [5.41, 5.74) is 5.06. The van der Waals surface area contributed by atoms with Crippen LogP contribution in [0.2, 0.25) is 0 Å². The summed E-state index contributed by atoms with van der Waals surface area (Å²) in [6.07, 6.45) is -4.42. The molecule has 0 heterocycles. The molecule has 18 heavy (non-hydrogen) atoms. The number of halogens is 3. The van der Waals surface area contributed by atoms with Crippen LogP contribution in [0.1, 0.15) is 0 Å². The highest BCUT2D eigenvalue weighted by molar-refractivity contribution is 7.85. The first-order valence-corrected chi connectivity index (χ1v) is 6.49. The van der Waals surface area contributed by atoms with Gasteiger partial charge in [-0.15, -0.1) is 0 Å². The highest BCUT2D eigenvalue weighted by Crippen LogP contribution is 2.27. The summed E-state index contributed by atoms with van der Waals surface area (Å²) in [5, 5.41) is 0. The Morgan fingerprint density at radius 2 is 1.89 bits per heavy atom. The van der Waals surface area contributed by atoms with Crippen LogP contribution in [0.3, 0.4) is 0 Å². The van der Waals surface area contributed by atoms with Crippen LogP contribution in [0.4, 0.5) is 13.2 Å². The molecule has 1 aromatic rings. The molecule has 0 spiro atoms. The fourth-order valence-corrected chi connectivity index (χ4v) is 2.63. The van der Waals surface area contributed by atoms with Gasteiger partial charge >= 0.3 is 6.18 Å². The third-order valence-corrected chi connectivity index (χ3v) is 3.93. The molecular formula is C11H14F3NO2S. The molecule has 0 bridgehead atoms. The Hall–Kier alpha value is -1.08. The van der Waals surface area contributed by atoms with Gasteiger partial charge in [0.15, 0.2) is 0 Å². The van der Waals surface area contributed by atoms with Crippen molar-refractivity contribution in [3.8, 4) is 5.75 Å². The standard InChI is InChI=1S/C11H14F3NO2S/c1-17-9-2-4-10(5-3-9)18(16)7-8(6-15)11(12,13)14/h2-5,8H,6-7,15H2,1H3. The first-order chi connectivity index (χ1) is 8.38. The molecule has 0 radical (unpaired) electrons. The van der Waals surface area contributed by atoms with Crippen molar-refractivity contribution in [1.82, 2.24) is 0 Å². The number of methoxy groups -OCH3 is 1. The number of alkyl halides is 3. The zero-order valence-corrected chi connectivity index (χ0v) is 10.6. The minimum Gasteiger partial charge on any atom is -0.497 e. The summed E-state index contributed by atoms with van der Waals surface area (Å²) in [4.78, 5) is 0.332. The topological polar surface area (TPSA) is 52.3 Å². The van der Waals surface area contributed by atoms with E-state index in [2.05, 4.69) is 0 Å². The number of rotatable bonds is 5. The van der Waals surface area contributed by atoms with Gasteiger partial charge in [-0.25, -0.2) is 0 Å². The van der Waals surface area contributed by atoms with E-state index in [4.69, 9.17) is 10.5 Å². The molecule has 1 aromatic carbocycles. The number of hydrogen-bond acceptors (Lipinski definition) is 3. The van der Waals surface area contributed by atoms with Crippen molar-refractivity contribution in [3.63, 3.8) is 0 Å². The lowest BCUT2D eigenvalue weighted by atomic mass is 10.2. The smallest absolute Gasteiger partial charge is 0.393 e. The van der Waals surface area contributed by atoms with Gasteiger partial charge in [-0.3, -0.25) is 4.21 Å². The van der Waals surface area contributed by atoms with E-state index < -0.39 is 35.2 Å². The van der Waals surface area contributed by atoms with Crippen LogP contribution in [-0.4, -0.2) is 29.8 Å². The average molecular weight is 281 g/mol. The monoisotopic (exact) mass is 281 g/mol. The Kier molecular flexibility index (Phi) is 5.15. The van der Waals surface area contributed by atoms with Gasteiger partial charge in [0.2, 0.25) is 0 Å². The Balaban J connectivity index is 2.75. The van der Waals surface area contributed by atoms with Crippen molar-refractivity contribution < 1.29 is 22.1 Å². The zero-order chi connectivity index (χ0) is 13.8. The van der Waals surface area contributed by atoms with Crippen molar-refractivity contribution in [2.45, 2.75) is 11.1 Å². The molecule has 3 nitrogen and oxygen atoms in total. The van der Waals surface area contributed by atoms with E-state index in [1.807, 2.05) is 0 Å². The lowest BCUT2D eigenvalue weighted by Crippen LogP contribution is -2.34. The molecule has 0 amide bonds. The molecule has 2 N–H and O–H groups in total. The SMILES string of the molecule is COc1ccc(S(=O)CC(CN)C(F)(F)F)cc1. The summed E-state index contributed by atoms with van der Waals surface area (Å²) in [6.45, 7) is -0.564. The molecule has 0 aliphatic heterocycles. The normalized spacial score (nSPS) is 15.2. The maximum absolute atomic E-state index is 12.5. The maximum Gasteiger partial charge on any atom is 0.393 e. The Labute approximate surface area is 106 Å². The van der Waals surface area contributed by atoms with Crippen molar-refractivity contribution in [2.24, 2.45) is 11.7 Å². The second kappa shape index (κ2) is 6.19. The van der Waals surface area contributed by atoms with Crippen LogP contribution in [-0.2, 0) is 10.8 Å². The van der Waals surface area contributed by atoms with E-state index in [1.54, 1.807) is 12.1 Å². The minimum atomic E-state index is -4.42. The third-order valence-electron chi connectivity index (χ3n) is 2.42. The van der Waals surface area contributed by atoms with Crippen LogP contribution < -0.4 is 10.5 Å². The van der Waals surface area contributed by atoms with Gasteiger partial charge in [-0.1, -0.05) is 0 Å². The zero-order valence-electron chi connectivity index (χ0n) is 9.74. The minimum absolute atomic E-state index is 0.332. The van der Waals surface area contributed by atoms with Gasteiger partial charge in [-0.05, 0) is 24.3 Å². The van der Waals surface area contributed by atoms with Crippen LogP contribution in [0.15, 0.2) is 29.2 Å². The van der Waals surface area contributed by atoms with Gasteiger partial charge in [0, 0.05) is 17.2 Å². The molecule has 2 unspecified atom stereocenters. The summed E-state index contributed by atoms with van der Waals surface area (Å²) in [7, 11) is -0.253. The predicted molar refractivity (Wildman–Crippen MR) is 62.9 cm³/mol. The van der Waals surface area contributed by atoms with Crippen molar-refractivity contribution in [3.05, 3.63) is 24.3 Å². The van der Waals surface area contributed by atoms with Crippen molar-refractivity contribution in [2.75, 3.05) is 19.4 Å². The Bertz CT molecular complexity index is 406. The summed E-state index contributed by atoms with van der Waals surface area (Å²) in [5.74, 6) is -1.71. The van der Waals surface area contributed by atoms with Gasteiger partial charge in [0.1, 0.15) is 5.75 Å². The highest BCUT2D eigenvalue weighted by Gasteiger charge is 2.39. The fourth-order valence-electron chi connectivity index (χ4n) is 1.30. The second-order valence-corrected chi connectivity index (χ2v) is 5.16. The van der Waals surface area contributed by atoms with E-state index in [1.165, 1.54) is 19.2 Å². The molecule has 1 rings (SSSR count). The van der Waals surface area contributed by atoms with E-state index >= 15 is 0 Å². The summed E-state index contributed by atoms with van der Waals surface area (Å²) in [6, 6.07) is 6.08. The molecule has 0 aromatic heterocycles. The number of benzene rings is 1. The van der Waals surface area contributed by atoms with Crippen LogP contribution in [0.5, 0.6) is 5.75 Å². The van der Waals surface area contributed by atoms with Crippen molar-refractivity contribution in [1.29, 1.82) is 0 Å². The number of nitrogens with two attached hydrogens (primary N) is 1. The Morgan fingerprint density at radius 3 is 2.28 bits per heavy atom. The molecule has 7 heteroatoms. The molecule has 2 atom stereocenters. The first kappa shape index (κ1) is 15.0. The third kappa shape index (κ3) is 3.99. The van der Waals surface area contributed by atoms with Crippen LogP contribution in [0, 0.1) is 5.92 Å². The lowest BCUT2D eigenvalue weighted by Gasteiger charge is -2.17. The maximum atomic E-state index is 12.5. The first-order valence-electron chi connectivity index (χ1n) is 5.17. The fraction of sp³-hybridized carbons (Fsp3) is 0.455. The molecule has 0 saturated heterocycles. The molecular weight excluding hydrogens is 267 g/mol. The van der Waals surface area contributed by atoms with Gasteiger partial charge in [0.25, 0.3) is 0 Å². The molecule has 0 aliphatic rings. The van der Waals surface area contributed by atoms with Gasteiger partial charge in [-0.2, -0.15) is 13.2 Å². The van der Waals surface area contributed by atoms with Gasteiger partial charge in [0.05, 0.1) is 23.8 Å². The lowest BCUT2D eigenvalue weighted by molar-refractivity contribution is -0.165. The molecule has 0 aliphatic carbocycles. The molecule has 102 valence electrons. The van der Waals surface area contributed by atoms with E-state index in [0.29, 0.717) is 10.6 Å². The number of hydrogen-bond donors (Lipinski definition) is 1. The predicted octanol–water partition coefficient (Wildman–Crippen LogP) is 1.94. The summed E-state index contributed by atoms with van der Waals surface area (Å²) < 4.78 is 54.1. The largest absolute Gasteiger partial charge is 0.497 e. The van der Waals surface area contributed by atoms with E-state index in [9.17, 15) is 17.4 Å². The van der Waals surface area contributed by atoms with E-state index in [-0.39, 0.29) is 0 Å². The highest BCUT2D eigenvalue weighted by atomic mass is 32.2. The number of ether oxygens (including phenoxy) is 1.